The second-order valence-corrected chi connectivity index (χ2v) is 0. The molecule has 0 aliphatic heterocycles. The summed E-state index contributed by atoms with van der Waals surface area (Å²) in [4.78, 5) is 0. The molecule has 0 saturated heterocycles. The minimum absolute atomic E-state index is 0. The Hall–Kier alpha value is 1.38. The fraction of sp³-hybridized carbons (Fsp3) is 0.556. The third-order valence-electron chi connectivity index (χ3n) is 0. The number of hydrogen-bond acceptors (Lipinski definition) is 0. The molecule has 0 bridgehead atoms. The van der Waals surface area contributed by atoms with Crippen molar-refractivity contribution in [1.82, 2.24) is 0 Å². The zero-order valence-electron chi connectivity index (χ0n) is 8.94. The molecule has 0 amide bonds. The van der Waals surface area contributed by atoms with E-state index in [4.69, 9.17) is 0 Å². The second kappa shape index (κ2) is 646. The van der Waals surface area contributed by atoms with Gasteiger partial charge in [0.05, 0.1) is 0 Å². The van der Waals surface area contributed by atoms with Crippen molar-refractivity contribution in [2.24, 2.45) is 0 Å². The Labute approximate surface area is 104 Å². The molecule has 0 saturated carbocycles. The van der Waals surface area contributed by atoms with Gasteiger partial charge in [-0.2, -0.15) is 20.8 Å². The van der Waals surface area contributed by atoms with Crippen LogP contribution in [0.5, 0.6) is 0 Å². The summed E-state index contributed by atoms with van der Waals surface area (Å²) < 4.78 is 0. The fourth-order valence-corrected chi connectivity index (χ4v) is 0. The summed E-state index contributed by atoms with van der Waals surface area (Å²) in [5.41, 5.74) is 0. The molecule has 0 fully saturated rings. The largest absolute Gasteiger partial charge is 2.00 e. The average Bonchev–Trinajstić information content (AvgIpc) is 2.03. The van der Waals surface area contributed by atoms with E-state index in [0.717, 1.165) is 0 Å². The molecule has 0 unspecified atom stereocenters. The summed E-state index contributed by atoms with van der Waals surface area (Å²) in [6.07, 6.45) is 0. The Kier molecular flexibility index (Phi) is 3260. The van der Waals surface area contributed by atoms with Crippen LogP contribution in [0.25, 0.3) is 0 Å². The van der Waals surface area contributed by atoms with E-state index in [9.17, 15) is 0 Å². The second-order valence-electron chi connectivity index (χ2n) is 0. The van der Waals surface area contributed by atoms with Crippen LogP contribution in [0.2, 0.25) is 0 Å². The van der Waals surface area contributed by atoms with E-state index in [2.05, 4.69) is 20.8 Å². The van der Waals surface area contributed by atoms with Crippen LogP contribution in [-0.2, 0) is 42.1 Å². The van der Waals surface area contributed by atoms with Gasteiger partial charge in [0.25, 0.3) is 0 Å². The molecular weight excluding hydrogens is 476 g/mol. The molecule has 0 atom stereocenters. The van der Waals surface area contributed by atoms with Crippen LogP contribution in [0.3, 0.4) is 0 Å². The summed E-state index contributed by atoms with van der Waals surface area (Å²) in [7, 11) is 0. The van der Waals surface area contributed by atoms with Crippen molar-refractivity contribution in [2.75, 3.05) is 0 Å². The first kappa shape index (κ1) is 55.4. The molecule has 0 nitrogen and oxygen atoms in total. The summed E-state index contributed by atoms with van der Waals surface area (Å²) in [5.74, 6) is 0. The first-order valence-electron chi connectivity index (χ1n) is 3.12. The summed E-state index contributed by atoms with van der Waals surface area (Å²) in [5, 5.41) is 0. The Morgan fingerprint density at radius 2 is 0.545 bits per heavy atom. The maximum atomic E-state index is 3.25. The van der Waals surface area contributed by atoms with Crippen molar-refractivity contribution in [3.05, 3.63) is 28.2 Å². The Morgan fingerprint density at radius 3 is 0.545 bits per heavy atom. The van der Waals surface area contributed by atoms with Gasteiger partial charge in [0, 0.05) is 0 Å². The first-order chi connectivity index (χ1) is 4.00. The maximum absolute atomic E-state index is 3.25. The minimum Gasteiger partial charge on any atom is -0.358 e. The van der Waals surface area contributed by atoms with Crippen LogP contribution in [-0.4, -0.2) is 0 Å². The van der Waals surface area contributed by atoms with Gasteiger partial charge in [-0.05, 0) is 0 Å². The van der Waals surface area contributed by atoms with Gasteiger partial charge in [-0.15, -0.1) is 0 Å². The van der Waals surface area contributed by atoms with Gasteiger partial charge >= 0.3 is 42.1 Å². The number of rotatable bonds is 0. The molecule has 0 aliphatic rings. The quantitative estimate of drug-likeness (QED) is 0.442. The number of hydrogen-bond donors (Lipinski definition) is 0. The zero-order valence-corrected chi connectivity index (χ0v) is 14.8. The summed E-state index contributed by atoms with van der Waals surface area (Å²) in [6, 6.07) is 0. The fourth-order valence-electron chi connectivity index (χ4n) is 0. The predicted octanol–water partition coefficient (Wildman–Crippen LogP) is 3.99. The normalized spacial score (nSPS) is 2.18. The molecule has 0 aromatic rings. The molecule has 0 N–H and O–H groups in total. The van der Waals surface area contributed by atoms with Crippen LogP contribution in [0, 0.1) is 28.2 Å². The van der Waals surface area contributed by atoms with Crippen LogP contribution >= 0.6 is 0 Å². The molecule has 0 aliphatic carbocycles. The van der Waals surface area contributed by atoms with Crippen molar-refractivity contribution in [2.45, 2.75) is 34.6 Å². The third kappa shape index (κ3) is 528. The summed E-state index contributed by atoms with van der Waals surface area (Å²) >= 11 is 0. The van der Waals surface area contributed by atoms with E-state index < -0.39 is 0 Å². The first-order valence-corrected chi connectivity index (χ1v) is 3.12. The van der Waals surface area contributed by atoms with E-state index >= 15 is 0 Å². The predicted molar refractivity (Wildman–Crippen MR) is 50.9 cm³/mol. The van der Waals surface area contributed by atoms with Gasteiger partial charge in [0.2, 0.25) is 0 Å². The Morgan fingerprint density at radius 1 is 0.545 bits per heavy atom. The van der Waals surface area contributed by atoms with Crippen LogP contribution in [0.4, 0.5) is 0 Å². The average molecular weight is 500 g/mol. The van der Waals surface area contributed by atoms with Gasteiger partial charge in [-0.25, -0.2) is 0 Å². The van der Waals surface area contributed by atoms with E-state index in [1.165, 1.54) is 0 Å². The van der Waals surface area contributed by atoms with Crippen molar-refractivity contribution < 1.29 is 42.1 Å². The van der Waals surface area contributed by atoms with Gasteiger partial charge < -0.3 is 28.2 Å². The molecule has 0 heterocycles. The molecule has 72 valence electrons. The molecular formula is C9H24W2. The van der Waals surface area contributed by atoms with Gasteiger partial charge in [-0.1, -0.05) is 13.8 Å². The van der Waals surface area contributed by atoms with E-state index in [-0.39, 0.29) is 49.6 Å². The van der Waals surface area contributed by atoms with E-state index in [1.54, 1.807) is 20.8 Å². The third-order valence-corrected chi connectivity index (χ3v) is 0. The molecule has 0 aromatic heterocycles. The van der Waals surface area contributed by atoms with E-state index in [1.807, 2.05) is 13.8 Å². The van der Waals surface area contributed by atoms with Gasteiger partial charge in [-0.3, -0.25) is 0 Å². The molecule has 0 spiro atoms. The van der Waals surface area contributed by atoms with Crippen LogP contribution in [0.15, 0.2) is 0 Å². The van der Waals surface area contributed by atoms with E-state index in [0.29, 0.717) is 0 Å². The Balaban J connectivity index is -0.00000000356. The standard InChI is InChI=1S/C2H6.3C2H5.CH3.2W/c4*1-2;;;/h1-2H3;3*1H2,2H3;1H3;;/q;4*-1;2*+2. The zero-order chi connectivity index (χ0) is 8.00. The van der Waals surface area contributed by atoms with Gasteiger partial charge in [0.1, 0.15) is 0 Å². The topological polar surface area (TPSA) is 0 Å². The monoisotopic (exact) mass is 500 g/mol. The maximum Gasteiger partial charge on any atom is 2.00 e. The van der Waals surface area contributed by atoms with Crippen molar-refractivity contribution in [1.29, 1.82) is 0 Å². The Bertz CT molecular complexity index is 7.52. The van der Waals surface area contributed by atoms with Gasteiger partial charge in [0.15, 0.2) is 0 Å². The SMILES string of the molecule is CC.[CH2-]C.[CH2-]C.[CH2-]C.[CH3-].[W+2].[W+2]. The molecule has 0 radical (unpaired) electrons. The molecule has 0 aromatic carbocycles. The smallest absolute Gasteiger partial charge is 0.358 e. The van der Waals surface area contributed by atoms with Crippen molar-refractivity contribution in [3.8, 4) is 0 Å². The minimum atomic E-state index is 0. The van der Waals surface area contributed by atoms with Crippen LogP contribution in [0.1, 0.15) is 34.6 Å². The summed E-state index contributed by atoms with van der Waals surface area (Å²) in [6.45, 7) is 19.0. The van der Waals surface area contributed by atoms with Crippen LogP contribution < -0.4 is 0 Å². The molecule has 11 heavy (non-hydrogen) atoms. The van der Waals surface area contributed by atoms with Crippen molar-refractivity contribution in [3.63, 3.8) is 0 Å². The van der Waals surface area contributed by atoms with Crippen molar-refractivity contribution >= 4 is 0 Å². The molecule has 0 rings (SSSR count). The molecule has 2 heteroatoms.